The van der Waals surface area contributed by atoms with Crippen LogP contribution in [-0.2, 0) is 14.3 Å². The topological polar surface area (TPSA) is 75.7 Å². The van der Waals surface area contributed by atoms with E-state index in [1.165, 1.54) is 11.3 Å². The number of thiophene rings is 1. The van der Waals surface area contributed by atoms with E-state index in [1.807, 2.05) is 13.8 Å². The van der Waals surface area contributed by atoms with E-state index in [9.17, 15) is 14.4 Å². The number of hydrogen-bond acceptors (Lipinski definition) is 5. The Balaban J connectivity index is 1.63. The Morgan fingerprint density at radius 2 is 1.78 bits per heavy atom. The average Bonchev–Trinajstić information content (AvgIpc) is 3.39. The van der Waals surface area contributed by atoms with Gasteiger partial charge in [-0.2, -0.15) is 0 Å². The lowest BCUT2D eigenvalue weighted by Gasteiger charge is -2.34. The number of esters is 1. The van der Waals surface area contributed by atoms with Gasteiger partial charge in [-0.05, 0) is 50.5 Å². The van der Waals surface area contributed by atoms with Crippen molar-refractivity contribution in [1.29, 1.82) is 0 Å². The molecule has 1 saturated heterocycles. The number of hydrogen-bond donors (Lipinski definition) is 1. The van der Waals surface area contributed by atoms with E-state index in [-0.39, 0.29) is 24.3 Å². The number of piperidine rings is 1. The number of nitrogens with zero attached hydrogens (tertiary/aromatic N) is 1. The van der Waals surface area contributed by atoms with Crippen molar-refractivity contribution < 1.29 is 19.1 Å². The molecule has 0 radical (unpaired) electrons. The third-order valence-electron chi connectivity index (χ3n) is 5.32. The molecule has 2 amide bonds. The van der Waals surface area contributed by atoms with E-state index in [0.29, 0.717) is 35.5 Å². The van der Waals surface area contributed by atoms with Crippen molar-refractivity contribution in [1.82, 2.24) is 4.90 Å². The van der Waals surface area contributed by atoms with Crippen LogP contribution in [0.5, 0.6) is 0 Å². The number of nitrogens with one attached hydrogen (secondary N) is 1. The Morgan fingerprint density at radius 3 is 2.37 bits per heavy atom. The molecule has 148 valence electrons. The summed E-state index contributed by atoms with van der Waals surface area (Å²) in [4.78, 5) is 39.9. The number of anilines is 1. The fourth-order valence-electron chi connectivity index (χ4n) is 3.68. The van der Waals surface area contributed by atoms with Gasteiger partial charge in [-0.3, -0.25) is 9.59 Å². The Bertz CT molecular complexity index is 743. The van der Waals surface area contributed by atoms with Crippen molar-refractivity contribution in [2.75, 3.05) is 25.0 Å². The molecule has 2 fully saturated rings. The second-order valence-corrected chi connectivity index (χ2v) is 9.30. The maximum Gasteiger partial charge on any atom is 0.341 e. The van der Waals surface area contributed by atoms with Crippen LogP contribution in [0.1, 0.15) is 53.9 Å². The van der Waals surface area contributed by atoms with Crippen LogP contribution in [-0.4, -0.2) is 42.4 Å². The summed E-state index contributed by atoms with van der Waals surface area (Å²) in [5.74, 6) is 0.224. The van der Waals surface area contributed by atoms with Gasteiger partial charge >= 0.3 is 5.97 Å². The van der Waals surface area contributed by atoms with E-state index >= 15 is 0 Å². The lowest BCUT2D eigenvalue weighted by Crippen LogP contribution is -2.44. The number of aryl methyl sites for hydroxylation is 1. The molecule has 1 N–H and O–H groups in total. The van der Waals surface area contributed by atoms with E-state index < -0.39 is 5.97 Å². The normalized spacial score (nSPS) is 22.4. The summed E-state index contributed by atoms with van der Waals surface area (Å²) in [7, 11) is 0. The van der Waals surface area contributed by atoms with Crippen LogP contribution in [0.25, 0.3) is 0 Å². The molecule has 1 saturated carbocycles. The van der Waals surface area contributed by atoms with Gasteiger partial charge in [-0.1, -0.05) is 13.8 Å². The first-order valence-corrected chi connectivity index (χ1v) is 10.4. The molecule has 2 atom stereocenters. The molecule has 0 spiro atoms. The second-order valence-electron chi connectivity index (χ2n) is 8.07. The largest absolute Gasteiger partial charge is 0.452 e. The predicted molar refractivity (Wildman–Crippen MR) is 105 cm³/mol. The highest BCUT2D eigenvalue weighted by Gasteiger charge is 2.32. The molecule has 0 aromatic carbocycles. The number of rotatable bonds is 5. The van der Waals surface area contributed by atoms with Gasteiger partial charge in [-0.25, -0.2) is 4.79 Å². The predicted octanol–water partition coefficient (Wildman–Crippen LogP) is 3.37. The number of amides is 2. The summed E-state index contributed by atoms with van der Waals surface area (Å²) in [6, 6.07) is 0. The van der Waals surface area contributed by atoms with Gasteiger partial charge in [0.1, 0.15) is 5.00 Å². The standard InChI is InChI=1S/C20H28N2O4S/c1-11-7-12(2)9-22(8-11)16(23)10-26-20(25)17-13(3)14(4)27-19(17)21-18(24)15-5-6-15/h11-12,15H,5-10H2,1-4H3,(H,21,24)/t11-,12-/m1/s1. The zero-order valence-corrected chi connectivity index (χ0v) is 17.3. The highest BCUT2D eigenvalue weighted by molar-refractivity contribution is 7.16. The van der Waals surface area contributed by atoms with Crippen molar-refractivity contribution >= 4 is 34.1 Å². The first-order valence-electron chi connectivity index (χ1n) is 9.62. The lowest BCUT2D eigenvalue weighted by molar-refractivity contribution is -0.137. The van der Waals surface area contributed by atoms with Crippen LogP contribution in [0.4, 0.5) is 5.00 Å². The van der Waals surface area contributed by atoms with E-state index in [0.717, 1.165) is 29.7 Å². The summed E-state index contributed by atoms with van der Waals surface area (Å²) >= 11 is 1.38. The van der Waals surface area contributed by atoms with Crippen molar-refractivity contribution in [3.63, 3.8) is 0 Å². The molecule has 7 heteroatoms. The Kier molecular flexibility index (Phi) is 5.89. The molecular formula is C20H28N2O4S. The fourth-order valence-corrected chi connectivity index (χ4v) is 4.73. The number of carbonyl (C=O) groups excluding carboxylic acids is 3. The van der Waals surface area contributed by atoms with E-state index in [4.69, 9.17) is 4.74 Å². The number of ether oxygens (including phenoxy) is 1. The molecule has 27 heavy (non-hydrogen) atoms. The van der Waals surface area contributed by atoms with Crippen molar-refractivity contribution in [2.24, 2.45) is 17.8 Å². The van der Waals surface area contributed by atoms with Crippen LogP contribution < -0.4 is 5.32 Å². The molecule has 1 aromatic rings. The molecule has 1 aliphatic carbocycles. The van der Waals surface area contributed by atoms with Crippen LogP contribution in [0.3, 0.4) is 0 Å². The average molecular weight is 393 g/mol. The third-order valence-corrected chi connectivity index (χ3v) is 6.45. The lowest BCUT2D eigenvalue weighted by atomic mass is 9.92. The molecule has 1 aliphatic heterocycles. The van der Waals surface area contributed by atoms with Gasteiger partial charge in [0.2, 0.25) is 5.91 Å². The van der Waals surface area contributed by atoms with Gasteiger partial charge in [0.25, 0.3) is 5.91 Å². The van der Waals surface area contributed by atoms with Crippen LogP contribution in [0.2, 0.25) is 0 Å². The first-order chi connectivity index (χ1) is 12.8. The summed E-state index contributed by atoms with van der Waals surface area (Å²) in [6.07, 6.45) is 2.91. The summed E-state index contributed by atoms with van der Waals surface area (Å²) in [5, 5.41) is 3.39. The van der Waals surface area contributed by atoms with Gasteiger partial charge < -0.3 is 15.0 Å². The zero-order chi connectivity index (χ0) is 19.7. The third kappa shape index (κ3) is 4.69. The Morgan fingerprint density at radius 1 is 1.15 bits per heavy atom. The van der Waals surface area contributed by atoms with Crippen molar-refractivity contribution in [3.05, 3.63) is 16.0 Å². The molecular weight excluding hydrogens is 364 g/mol. The van der Waals surface area contributed by atoms with Crippen LogP contribution >= 0.6 is 11.3 Å². The smallest absolute Gasteiger partial charge is 0.341 e. The monoisotopic (exact) mass is 392 g/mol. The van der Waals surface area contributed by atoms with Crippen LogP contribution in [0.15, 0.2) is 0 Å². The minimum Gasteiger partial charge on any atom is -0.452 e. The highest BCUT2D eigenvalue weighted by atomic mass is 32.1. The SMILES string of the molecule is Cc1sc(NC(=O)C2CC2)c(C(=O)OCC(=O)N2C[C@H](C)C[C@@H](C)C2)c1C. The molecule has 3 rings (SSSR count). The molecule has 2 aliphatic rings. The minimum absolute atomic E-state index is 0.0438. The summed E-state index contributed by atoms with van der Waals surface area (Å²) in [5.41, 5.74) is 1.17. The maximum absolute atomic E-state index is 12.6. The molecule has 1 aromatic heterocycles. The van der Waals surface area contributed by atoms with Gasteiger partial charge in [0.05, 0.1) is 5.56 Å². The van der Waals surface area contributed by atoms with Gasteiger partial charge in [-0.15, -0.1) is 11.3 Å². The number of carbonyl (C=O) groups is 3. The second kappa shape index (κ2) is 8.00. The first kappa shape index (κ1) is 19.9. The molecule has 0 unspecified atom stereocenters. The number of likely N-dealkylation sites (tertiary alicyclic amines) is 1. The Labute approximate surface area is 164 Å². The van der Waals surface area contributed by atoms with Gasteiger partial charge in [0.15, 0.2) is 6.61 Å². The maximum atomic E-state index is 12.6. The molecule has 6 nitrogen and oxygen atoms in total. The summed E-state index contributed by atoms with van der Waals surface area (Å²) in [6.45, 7) is 9.17. The van der Waals surface area contributed by atoms with Crippen LogP contribution in [0, 0.1) is 31.6 Å². The summed E-state index contributed by atoms with van der Waals surface area (Å²) < 4.78 is 5.33. The Hall–Kier alpha value is -1.89. The van der Waals surface area contributed by atoms with E-state index in [2.05, 4.69) is 19.2 Å². The molecule has 0 bridgehead atoms. The van der Waals surface area contributed by atoms with Crippen molar-refractivity contribution in [3.8, 4) is 0 Å². The fraction of sp³-hybridized carbons (Fsp3) is 0.650. The quantitative estimate of drug-likeness (QED) is 0.780. The van der Waals surface area contributed by atoms with Crippen molar-refractivity contribution in [2.45, 2.75) is 47.0 Å². The molecule has 2 heterocycles. The minimum atomic E-state index is -0.547. The zero-order valence-electron chi connectivity index (χ0n) is 16.5. The van der Waals surface area contributed by atoms with E-state index in [1.54, 1.807) is 4.90 Å². The van der Waals surface area contributed by atoms with Gasteiger partial charge in [0, 0.05) is 23.9 Å². The highest BCUT2D eigenvalue weighted by Crippen LogP contribution is 2.36.